The molecule has 1 saturated heterocycles. The van der Waals surface area contributed by atoms with E-state index in [1.165, 1.54) is 7.11 Å². The van der Waals surface area contributed by atoms with Gasteiger partial charge in [-0.1, -0.05) is 0 Å². The highest BCUT2D eigenvalue weighted by atomic mass is 16.7. The Morgan fingerprint density at radius 3 is 2.54 bits per heavy atom. The molecule has 2 heterocycles. The molecule has 1 aromatic carbocycles. The minimum atomic E-state index is -1.63. The zero-order valence-corrected chi connectivity index (χ0v) is 19.7. The highest BCUT2D eigenvalue weighted by molar-refractivity contribution is 5.94. The molecule has 0 spiro atoms. The second-order valence-electron chi connectivity index (χ2n) is 8.75. The van der Waals surface area contributed by atoms with E-state index < -0.39 is 43.3 Å². The summed E-state index contributed by atoms with van der Waals surface area (Å²) in [7, 11) is 1.42. The van der Waals surface area contributed by atoms with E-state index in [0.717, 1.165) is 16.5 Å². The van der Waals surface area contributed by atoms with Crippen LogP contribution >= 0.6 is 0 Å². The van der Waals surface area contributed by atoms with Crippen molar-refractivity contribution in [3.05, 3.63) is 23.0 Å². The van der Waals surface area contributed by atoms with E-state index in [1.807, 2.05) is 0 Å². The highest BCUT2D eigenvalue weighted by Gasteiger charge is 2.45. The first kappa shape index (κ1) is 25.7. The van der Waals surface area contributed by atoms with Crippen LogP contribution in [0.1, 0.15) is 42.4 Å². The molecule has 0 bridgehead atoms. The zero-order chi connectivity index (χ0) is 25.3. The number of esters is 1. The Labute approximate surface area is 201 Å². The van der Waals surface area contributed by atoms with Crippen molar-refractivity contribution in [2.75, 3.05) is 26.9 Å². The number of methoxy groups -OCH3 is 1. The molecule has 0 radical (unpaired) electrons. The second kappa shape index (κ2) is 10.7. The van der Waals surface area contributed by atoms with Crippen molar-refractivity contribution in [3.63, 3.8) is 0 Å². The van der Waals surface area contributed by atoms with E-state index in [2.05, 4.69) is 0 Å². The topological polar surface area (TPSA) is 168 Å². The van der Waals surface area contributed by atoms with Crippen LogP contribution in [0.3, 0.4) is 0 Å². The van der Waals surface area contributed by atoms with Crippen LogP contribution in [-0.4, -0.2) is 89.1 Å². The molecule has 2 aliphatic rings. The molecule has 2 aromatic rings. The van der Waals surface area contributed by atoms with Crippen molar-refractivity contribution in [1.82, 2.24) is 0 Å². The van der Waals surface area contributed by atoms with Crippen molar-refractivity contribution in [1.29, 1.82) is 0 Å². The summed E-state index contributed by atoms with van der Waals surface area (Å²) in [5.74, 6) is -0.144. The van der Waals surface area contributed by atoms with Crippen LogP contribution in [0.4, 0.5) is 0 Å². The molecular formula is C24H32O11. The standard InChI is InChI=1S/C24H32O11/c1-3-32-16(27)7-6-13-12-5-4-11(8-25)14-10-33-22(17(12)14)23(31-2)21(13)35-24-20(30)19(29)18(28)15(9-26)34-24/h10-11,15,18-20,24-26,28-30H,3-9H2,1-2H3/t11-,15+,18+,19-,20+,24-/m0/s1. The van der Waals surface area contributed by atoms with E-state index >= 15 is 0 Å². The van der Waals surface area contributed by atoms with Crippen molar-refractivity contribution in [2.24, 2.45) is 0 Å². The van der Waals surface area contributed by atoms with Gasteiger partial charge >= 0.3 is 5.97 Å². The number of carbonyl (C=O) groups excluding carboxylic acids is 1. The maximum Gasteiger partial charge on any atom is 0.306 e. The van der Waals surface area contributed by atoms with Crippen LogP contribution in [0.5, 0.6) is 11.5 Å². The van der Waals surface area contributed by atoms with Crippen molar-refractivity contribution >= 4 is 16.9 Å². The predicted octanol–water partition coefficient (Wildman–Crippen LogP) is 0.138. The number of ether oxygens (including phenoxy) is 4. The van der Waals surface area contributed by atoms with Gasteiger partial charge in [0.15, 0.2) is 11.3 Å². The average Bonchev–Trinajstić information content (AvgIpc) is 3.30. The third-order valence-electron chi connectivity index (χ3n) is 6.75. The summed E-state index contributed by atoms with van der Waals surface area (Å²) in [5.41, 5.74) is 2.70. The Morgan fingerprint density at radius 2 is 1.89 bits per heavy atom. The summed E-state index contributed by atoms with van der Waals surface area (Å²) in [5, 5.41) is 51.0. The lowest BCUT2D eigenvalue weighted by atomic mass is 9.81. The SMILES string of the molecule is CCOC(=O)CCc1c(O[C@@H]2O[C@H](CO)[C@@H](O)[C@H](O)[C@H]2O)c(OC)c2occ3c2c1CC[C@H]3CO. The zero-order valence-electron chi connectivity index (χ0n) is 19.7. The normalized spacial score (nSPS) is 28.2. The van der Waals surface area contributed by atoms with E-state index in [-0.39, 0.29) is 43.5 Å². The predicted molar refractivity (Wildman–Crippen MR) is 120 cm³/mol. The first-order chi connectivity index (χ1) is 16.9. The van der Waals surface area contributed by atoms with Gasteiger partial charge in [-0.05, 0) is 31.7 Å². The summed E-state index contributed by atoms with van der Waals surface area (Å²) in [6, 6.07) is 0. The van der Waals surface area contributed by atoms with Crippen LogP contribution in [0.25, 0.3) is 11.0 Å². The van der Waals surface area contributed by atoms with E-state index in [1.54, 1.807) is 13.2 Å². The Kier molecular flexibility index (Phi) is 7.84. The molecule has 5 N–H and O–H groups in total. The van der Waals surface area contributed by atoms with Crippen LogP contribution < -0.4 is 9.47 Å². The molecule has 4 rings (SSSR count). The van der Waals surface area contributed by atoms with Crippen LogP contribution in [0, 0.1) is 0 Å². The van der Waals surface area contributed by atoms with Crippen molar-refractivity contribution in [2.45, 2.75) is 69.2 Å². The maximum atomic E-state index is 12.2. The average molecular weight is 497 g/mol. The number of carbonyl (C=O) groups is 1. The molecule has 1 aromatic heterocycles. The summed E-state index contributed by atoms with van der Waals surface area (Å²) in [6.07, 6.45) is -4.33. The Balaban J connectivity index is 1.82. The van der Waals surface area contributed by atoms with E-state index in [9.17, 15) is 30.3 Å². The van der Waals surface area contributed by atoms with Crippen LogP contribution in [0.15, 0.2) is 10.7 Å². The van der Waals surface area contributed by atoms with E-state index in [4.69, 9.17) is 23.4 Å². The van der Waals surface area contributed by atoms with Gasteiger partial charge in [-0.25, -0.2) is 0 Å². The highest BCUT2D eigenvalue weighted by Crippen LogP contribution is 2.49. The smallest absolute Gasteiger partial charge is 0.306 e. The molecule has 194 valence electrons. The maximum absolute atomic E-state index is 12.2. The fourth-order valence-electron chi connectivity index (χ4n) is 4.93. The Bertz CT molecular complexity index is 1050. The number of aliphatic hydroxyl groups is 5. The van der Waals surface area contributed by atoms with Gasteiger partial charge in [0.25, 0.3) is 0 Å². The molecule has 35 heavy (non-hydrogen) atoms. The number of rotatable bonds is 9. The molecule has 6 atom stereocenters. The summed E-state index contributed by atoms with van der Waals surface area (Å²) >= 11 is 0. The van der Waals surface area contributed by atoms with Gasteiger partial charge in [-0.15, -0.1) is 0 Å². The fraction of sp³-hybridized carbons (Fsp3) is 0.625. The van der Waals surface area contributed by atoms with Gasteiger partial charge in [0.05, 0.1) is 33.2 Å². The van der Waals surface area contributed by atoms with Crippen molar-refractivity contribution in [3.8, 4) is 11.5 Å². The van der Waals surface area contributed by atoms with Crippen LogP contribution in [-0.2, 0) is 27.1 Å². The van der Waals surface area contributed by atoms with Gasteiger partial charge < -0.3 is 48.9 Å². The number of aliphatic hydroxyl groups excluding tert-OH is 5. The molecule has 1 fully saturated rings. The second-order valence-corrected chi connectivity index (χ2v) is 8.75. The number of hydrogen-bond acceptors (Lipinski definition) is 11. The van der Waals surface area contributed by atoms with Crippen molar-refractivity contribution < 1.29 is 53.7 Å². The van der Waals surface area contributed by atoms with Gasteiger partial charge in [-0.3, -0.25) is 4.79 Å². The number of furan rings is 1. The quantitative estimate of drug-likeness (QED) is 0.299. The first-order valence-corrected chi connectivity index (χ1v) is 11.7. The van der Waals surface area contributed by atoms with Gasteiger partial charge in [0, 0.05) is 28.9 Å². The largest absolute Gasteiger partial charge is 0.490 e. The molecule has 0 amide bonds. The number of hydrogen-bond donors (Lipinski definition) is 5. The minimum absolute atomic E-state index is 0.0440. The molecule has 0 unspecified atom stereocenters. The fourth-order valence-corrected chi connectivity index (χ4v) is 4.93. The molecule has 11 heteroatoms. The summed E-state index contributed by atoms with van der Waals surface area (Å²) < 4.78 is 28.2. The number of benzene rings is 1. The minimum Gasteiger partial charge on any atom is -0.490 e. The monoisotopic (exact) mass is 496 g/mol. The third kappa shape index (κ3) is 4.59. The lowest BCUT2D eigenvalue weighted by Gasteiger charge is -2.40. The summed E-state index contributed by atoms with van der Waals surface area (Å²) in [6.45, 7) is 1.31. The lowest BCUT2D eigenvalue weighted by molar-refractivity contribution is -0.277. The summed E-state index contributed by atoms with van der Waals surface area (Å²) in [4.78, 5) is 12.2. The van der Waals surface area contributed by atoms with Gasteiger partial charge in [0.2, 0.25) is 12.0 Å². The van der Waals surface area contributed by atoms with E-state index in [0.29, 0.717) is 24.0 Å². The van der Waals surface area contributed by atoms with Gasteiger partial charge in [0.1, 0.15) is 24.4 Å². The van der Waals surface area contributed by atoms with Crippen LogP contribution in [0.2, 0.25) is 0 Å². The molecule has 0 saturated carbocycles. The third-order valence-corrected chi connectivity index (χ3v) is 6.75. The number of aryl methyl sites for hydroxylation is 1. The Morgan fingerprint density at radius 1 is 1.11 bits per heavy atom. The first-order valence-electron chi connectivity index (χ1n) is 11.7. The lowest BCUT2D eigenvalue weighted by Crippen LogP contribution is -2.60. The Hall–Kier alpha value is -2.41. The molecular weight excluding hydrogens is 464 g/mol. The van der Waals surface area contributed by atoms with Gasteiger partial charge in [-0.2, -0.15) is 0 Å². The molecule has 1 aliphatic carbocycles. The molecule has 1 aliphatic heterocycles. The molecule has 11 nitrogen and oxygen atoms in total.